The van der Waals surface area contributed by atoms with Crippen LogP contribution < -0.4 is 5.32 Å². The van der Waals surface area contributed by atoms with Crippen molar-refractivity contribution in [2.75, 3.05) is 6.61 Å². The Hall–Kier alpha value is -0.910. The number of carbonyl (C=O) groups excluding carboxylic acids is 1. The number of carbonyl (C=O) groups is 1. The molecule has 0 bridgehead atoms. The van der Waals surface area contributed by atoms with E-state index in [-0.39, 0.29) is 12.5 Å². The monoisotopic (exact) mass is 820 g/mol. The zero-order valence-electron chi connectivity index (χ0n) is 39.5. The molecule has 0 rings (SSSR count). The molecular formula is C53H105NO4. The van der Waals surface area contributed by atoms with Crippen molar-refractivity contribution in [1.29, 1.82) is 0 Å². The lowest BCUT2D eigenvalue weighted by Crippen LogP contribution is -2.50. The molecule has 0 heterocycles. The normalized spacial score (nSPS) is 13.4. The van der Waals surface area contributed by atoms with E-state index in [4.69, 9.17) is 0 Å². The molecule has 0 aromatic carbocycles. The van der Waals surface area contributed by atoms with Crippen molar-refractivity contribution in [3.05, 3.63) is 12.2 Å². The van der Waals surface area contributed by atoms with Crippen LogP contribution in [0, 0.1) is 0 Å². The topological polar surface area (TPSA) is 89.8 Å². The molecule has 0 spiro atoms. The van der Waals surface area contributed by atoms with E-state index in [0.717, 1.165) is 32.1 Å². The van der Waals surface area contributed by atoms with Crippen molar-refractivity contribution >= 4 is 5.91 Å². The molecule has 0 aromatic rings. The van der Waals surface area contributed by atoms with E-state index in [1.54, 1.807) is 0 Å². The molecule has 0 aliphatic rings. The summed E-state index contributed by atoms with van der Waals surface area (Å²) in [6.45, 7) is 4.21. The van der Waals surface area contributed by atoms with Crippen molar-refractivity contribution in [3.8, 4) is 0 Å². The highest BCUT2D eigenvalue weighted by atomic mass is 16.3. The van der Waals surface area contributed by atoms with E-state index in [0.29, 0.717) is 12.8 Å². The molecule has 0 radical (unpaired) electrons. The van der Waals surface area contributed by atoms with E-state index in [2.05, 4.69) is 31.3 Å². The number of aliphatic hydroxyl groups is 3. The van der Waals surface area contributed by atoms with E-state index >= 15 is 0 Å². The van der Waals surface area contributed by atoms with Crippen LogP contribution in [0.2, 0.25) is 0 Å². The first-order valence-electron chi connectivity index (χ1n) is 26.5. The van der Waals surface area contributed by atoms with Gasteiger partial charge in [-0.05, 0) is 38.5 Å². The minimum atomic E-state index is -1.13. The van der Waals surface area contributed by atoms with Crippen molar-refractivity contribution < 1.29 is 20.1 Å². The van der Waals surface area contributed by atoms with Gasteiger partial charge in [0.1, 0.15) is 6.10 Å². The van der Waals surface area contributed by atoms with Gasteiger partial charge in [-0.1, -0.05) is 264 Å². The van der Waals surface area contributed by atoms with Crippen molar-refractivity contribution in [2.45, 2.75) is 315 Å². The van der Waals surface area contributed by atoms with Gasteiger partial charge < -0.3 is 20.6 Å². The molecule has 3 atom stereocenters. The van der Waals surface area contributed by atoms with Crippen LogP contribution in [0.25, 0.3) is 0 Å². The summed E-state index contributed by atoms with van der Waals surface area (Å²) < 4.78 is 0. The molecule has 0 fully saturated rings. The first-order valence-corrected chi connectivity index (χ1v) is 26.5. The van der Waals surface area contributed by atoms with Crippen LogP contribution in [0.1, 0.15) is 296 Å². The quantitative estimate of drug-likeness (QED) is 0.0364. The summed E-state index contributed by atoms with van der Waals surface area (Å²) >= 11 is 0. The smallest absolute Gasteiger partial charge is 0.220 e. The third-order valence-corrected chi connectivity index (χ3v) is 12.6. The Bertz CT molecular complexity index is 818. The van der Waals surface area contributed by atoms with Gasteiger partial charge >= 0.3 is 0 Å². The SMILES string of the molecule is CCCCCCCCCCCCCC/C=C\CCCCCCCCCCCCC(=O)NC(CO)C(O)C(O)CCCCCCCCCCCCCCCCCCCC. The Morgan fingerprint density at radius 1 is 0.414 bits per heavy atom. The Morgan fingerprint density at radius 3 is 1.00 bits per heavy atom. The summed E-state index contributed by atoms with van der Waals surface area (Å²) in [5.41, 5.74) is 0. The third-order valence-electron chi connectivity index (χ3n) is 12.6. The lowest BCUT2D eigenvalue weighted by Gasteiger charge is -2.26. The van der Waals surface area contributed by atoms with E-state index < -0.39 is 18.2 Å². The van der Waals surface area contributed by atoms with Crippen LogP contribution in [-0.4, -0.2) is 46.1 Å². The second-order valence-corrected chi connectivity index (χ2v) is 18.4. The zero-order chi connectivity index (χ0) is 42.3. The van der Waals surface area contributed by atoms with Crippen LogP contribution in [0.3, 0.4) is 0 Å². The maximum Gasteiger partial charge on any atom is 0.220 e. The second kappa shape index (κ2) is 48.8. The fourth-order valence-electron chi connectivity index (χ4n) is 8.51. The van der Waals surface area contributed by atoms with E-state index in [9.17, 15) is 20.1 Å². The summed E-state index contributed by atoms with van der Waals surface area (Å²) in [4.78, 5) is 12.5. The van der Waals surface area contributed by atoms with Crippen LogP contribution in [-0.2, 0) is 4.79 Å². The second-order valence-electron chi connectivity index (χ2n) is 18.4. The van der Waals surface area contributed by atoms with E-state index in [1.165, 1.54) is 238 Å². The molecule has 346 valence electrons. The largest absolute Gasteiger partial charge is 0.394 e. The van der Waals surface area contributed by atoms with Crippen LogP contribution in [0.5, 0.6) is 0 Å². The minimum Gasteiger partial charge on any atom is -0.394 e. The number of nitrogens with one attached hydrogen (secondary N) is 1. The molecule has 0 saturated heterocycles. The standard InChI is InChI=1S/C53H105NO4/c1-3-5-7-9-11-13-15-17-19-21-23-24-25-26-27-28-29-30-32-34-36-38-40-42-44-46-48-52(57)54-50(49-55)53(58)51(56)47-45-43-41-39-37-35-33-31-22-20-18-16-14-12-10-8-6-4-2/h26-27,50-51,53,55-56,58H,3-25,28-49H2,1-2H3,(H,54,57)/b27-26-. The molecule has 58 heavy (non-hydrogen) atoms. The van der Waals surface area contributed by atoms with Crippen molar-refractivity contribution in [3.63, 3.8) is 0 Å². The summed E-state index contributed by atoms with van der Waals surface area (Å²) in [6, 6.07) is -0.807. The number of amides is 1. The molecule has 5 heteroatoms. The summed E-state index contributed by atoms with van der Waals surface area (Å²) in [7, 11) is 0. The molecule has 5 nitrogen and oxygen atoms in total. The molecule has 0 aromatic heterocycles. The van der Waals surface area contributed by atoms with Crippen LogP contribution in [0.15, 0.2) is 12.2 Å². The molecule has 0 saturated carbocycles. The molecule has 3 unspecified atom stereocenters. The Kier molecular flexibility index (Phi) is 48.0. The van der Waals surface area contributed by atoms with Crippen molar-refractivity contribution in [2.24, 2.45) is 0 Å². The zero-order valence-corrected chi connectivity index (χ0v) is 39.5. The third kappa shape index (κ3) is 43.2. The van der Waals surface area contributed by atoms with Gasteiger partial charge in [0.15, 0.2) is 0 Å². The Balaban J connectivity index is 3.53. The number of aliphatic hydroxyl groups excluding tert-OH is 3. The van der Waals surface area contributed by atoms with Gasteiger partial charge in [0.25, 0.3) is 0 Å². The number of hydrogen-bond donors (Lipinski definition) is 4. The maximum absolute atomic E-state index is 12.5. The first kappa shape index (κ1) is 57.1. The van der Waals surface area contributed by atoms with Gasteiger partial charge in [0.05, 0.1) is 18.8 Å². The predicted molar refractivity (Wildman–Crippen MR) is 255 cm³/mol. The minimum absolute atomic E-state index is 0.141. The average Bonchev–Trinajstić information content (AvgIpc) is 3.23. The van der Waals surface area contributed by atoms with Crippen molar-refractivity contribution in [1.82, 2.24) is 5.32 Å². The Morgan fingerprint density at radius 2 is 0.690 bits per heavy atom. The lowest BCUT2D eigenvalue weighted by molar-refractivity contribution is -0.124. The molecule has 0 aliphatic carbocycles. The summed E-state index contributed by atoms with van der Waals surface area (Å²) in [6.07, 6.45) is 59.2. The molecule has 1 amide bonds. The summed E-state index contributed by atoms with van der Waals surface area (Å²) in [5, 5.41) is 33.7. The maximum atomic E-state index is 12.5. The Labute approximate surface area is 363 Å². The predicted octanol–water partition coefficient (Wildman–Crippen LogP) is 15.9. The average molecular weight is 820 g/mol. The van der Waals surface area contributed by atoms with E-state index in [1.807, 2.05) is 0 Å². The van der Waals surface area contributed by atoms with Gasteiger partial charge in [0, 0.05) is 6.42 Å². The fraction of sp³-hybridized carbons (Fsp3) is 0.943. The van der Waals surface area contributed by atoms with Crippen LogP contribution >= 0.6 is 0 Å². The number of unbranched alkanes of at least 4 members (excludes halogenated alkanes) is 39. The van der Waals surface area contributed by atoms with Gasteiger partial charge in [0.2, 0.25) is 5.91 Å². The van der Waals surface area contributed by atoms with Gasteiger partial charge in [-0.15, -0.1) is 0 Å². The fourth-order valence-corrected chi connectivity index (χ4v) is 8.51. The van der Waals surface area contributed by atoms with Gasteiger partial charge in [-0.3, -0.25) is 4.79 Å². The van der Waals surface area contributed by atoms with Gasteiger partial charge in [-0.25, -0.2) is 0 Å². The highest BCUT2D eigenvalue weighted by molar-refractivity contribution is 5.76. The van der Waals surface area contributed by atoms with Gasteiger partial charge in [-0.2, -0.15) is 0 Å². The number of rotatable bonds is 49. The highest BCUT2D eigenvalue weighted by Gasteiger charge is 2.26. The lowest BCUT2D eigenvalue weighted by atomic mass is 9.99. The number of hydrogen-bond acceptors (Lipinski definition) is 4. The molecule has 4 N–H and O–H groups in total. The first-order chi connectivity index (χ1) is 28.6. The van der Waals surface area contributed by atoms with Crippen LogP contribution in [0.4, 0.5) is 0 Å². The highest BCUT2D eigenvalue weighted by Crippen LogP contribution is 2.18. The molecular weight excluding hydrogens is 715 g/mol. The summed E-state index contributed by atoms with van der Waals surface area (Å²) in [5.74, 6) is -0.141. The molecule has 0 aliphatic heterocycles. The number of allylic oxidation sites excluding steroid dienone is 2.